The van der Waals surface area contributed by atoms with Crippen LogP contribution < -0.4 is 11.1 Å². The minimum absolute atomic E-state index is 0.0673. The number of nitrogens with one attached hydrogen (secondary N) is 1. The molecule has 1 aromatic rings. The highest BCUT2D eigenvalue weighted by Crippen LogP contribution is 2.12. The van der Waals surface area contributed by atoms with Crippen molar-refractivity contribution >= 4 is 6.29 Å². The molecule has 102 valence electrons. The van der Waals surface area contributed by atoms with Gasteiger partial charge in [-0.05, 0) is 51.9 Å². The Morgan fingerprint density at radius 1 is 1.39 bits per heavy atom. The van der Waals surface area contributed by atoms with Gasteiger partial charge in [0.2, 0.25) is 0 Å². The van der Waals surface area contributed by atoms with Crippen LogP contribution >= 0.6 is 0 Å². The average molecular weight is 254 g/mol. The van der Waals surface area contributed by atoms with E-state index in [2.05, 4.69) is 19.2 Å². The molecule has 1 aromatic carbocycles. The van der Waals surface area contributed by atoms with E-state index < -0.39 is 0 Å². The Hall–Kier alpha value is -1.26. The van der Waals surface area contributed by atoms with Crippen LogP contribution in [0.2, 0.25) is 0 Å². The van der Waals surface area contributed by atoms with Gasteiger partial charge in [0.15, 0.2) is 0 Å². The summed E-state index contributed by atoms with van der Waals surface area (Å²) in [6.07, 6.45) is 1.60. The molecule has 0 amide bonds. The number of benzene rings is 1. The van der Waals surface area contributed by atoms with Crippen LogP contribution in [-0.2, 0) is 11.2 Å². The second-order valence-corrected chi connectivity index (χ2v) is 4.93. The Bertz CT molecular complexity index is 347. The zero-order chi connectivity index (χ0) is 14.2. The first-order valence-electron chi connectivity index (χ1n) is 5.95. The third-order valence-corrected chi connectivity index (χ3v) is 2.45. The van der Waals surface area contributed by atoms with Gasteiger partial charge in [-0.25, -0.2) is 4.39 Å². The molecule has 0 heterocycles. The molecular formula is C14H23FN2O. The lowest BCUT2D eigenvalue weighted by atomic mass is 9.95. The number of carbonyl (C=O) groups excluding carboxylic acids is 1. The maximum absolute atomic E-state index is 12.6. The number of rotatable bonds is 4. The topological polar surface area (TPSA) is 55.1 Å². The highest BCUT2D eigenvalue weighted by molar-refractivity contribution is 5.55. The first kappa shape index (κ1) is 16.7. The molecule has 1 atom stereocenters. The summed E-state index contributed by atoms with van der Waals surface area (Å²) in [5.74, 6) is -0.175. The number of hydrogen-bond acceptors (Lipinski definition) is 3. The van der Waals surface area contributed by atoms with E-state index in [1.54, 1.807) is 6.92 Å². The molecule has 0 aromatic heterocycles. The van der Waals surface area contributed by atoms with Crippen LogP contribution in [0.3, 0.4) is 0 Å². The SMILES string of the molecule is CC(N)C=O.CNC(C)(C)Cc1ccc(F)cc1. The van der Waals surface area contributed by atoms with Crippen molar-refractivity contribution in [1.82, 2.24) is 5.32 Å². The number of aldehydes is 1. The average Bonchev–Trinajstić information content (AvgIpc) is 2.33. The molecule has 0 aliphatic heterocycles. The van der Waals surface area contributed by atoms with Crippen molar-refractivity contribution in [2.24, 2.45) is 5.73 Å². The minimum atomic E-state index is -0.296. The molecule has 0 radical (unpaired) electrons. The Balaban J connectivity index is 0.000000494. The summed E-state index contributed by atoms with van der Waals surface area (Å²) in [7, 11) is 1.93. The van der Waals surface area contributed by atoms with Gasteiger partial charge >= 0.3 is 0 Å². The van der Waals surface area contributed by atoms with Gasteiger partial charge in [-0.1, -0.05) is 12.1 Å². The zero-order valence-corrected chi connectivity index (χ0v) is 11.5. The van der Waals surface area contributed by atoms with E-state index in [0.717, 1.165) is 12.0 Å². The number of hydrogen-bond donors (Lipinski definition) is 2. The predicted octanol–water partition coefficient (Wildman–Crippen LogP) is 1.90. The third kappa shape index (κ3) is 7.92. The van der Waals surface area contributed by atoms with Gasteiger partial charge in [0.25, 0.3) is 0 Å². The number of likely N-dealkylation sites (N-methyl/N-ethyl adjacent to an activating group) is 1. The summed E-state index contributed by atoms with van der Waals surface area (Å²) < 4.78 is 12.6. The number of carbonyl (C=O) groups is 1. The number of halogens is 1. The predicted molar refractivity (Wildman–Crippen MR) is 73.0 cm³/mol. The Morgan fingerprint density at radius 3 is 2.17 bits per heavy atom. The lowest BCUT2D eigenvalue weighted by molar-refractivity contribution is -0.108. The summed E-state index contributed by atoms with van der Waals surface area (Å²) in [4.78, 5) is 9.38. The van der Waals surface area contributed by atoms with Crippen LogP contribution in [-0.4, -0.2) is 24.9 Å². The summed E-state index contributed by atoms with van der Waals surface area (Å²) >= 11 is 0. The normalized spacial score (nSPS) is 12.3. The lowest BCUT2D eigenvalue weighted by Crippen LogP contribution is -2.38. The Labute approximate surface area is 109 Å². The van der Waals surface area contributed by atoms with E-state index in [4.69, 9.17) is 5.73 Å². The van der Waals surface area contributed by atoms with Crippen molar-refractivity contribution in [2.75, 3.05) is 7.05 Å². The largest absolute Gasteiger partial charge is 0.322 e. The molecule has 3 N–H and O–H groups in total. The standard InChI is InChI=1S/C11H16FN.C3H7NO/c1-11(2,13-3)8-9-4-6-10(12)7-5-9;1-3(4)2-5/h4-7,13H,8H2,1-3H3;2-3H,4H2,1H3. The quantitative estimate of drug-likeness (QED) is 0.807. The second kappa shape index (κ2) is 7.95. The summed E-state index contributed by atoms with van der Waals surface area (Å²) in [5.41, 5.74) is 6.14. The van der Waals surface area contributed by atoms with E-state index in [1.165, 1.54) is 12.1 Å². The maximum atomic E-state index is 12.6. The van der Waals surface area contributed by atoms with E-state index in [-0.39, 0.29) is 17.4 Å². The van der Waals surface area contributed by atoms with Crippen molar-refractivity contribution in [1.29, 1.82) is 0 Å². The van der Waals surface area contributed by atoms with Crippen LogP contribution in [0.15, 0.2) is 24.3 Å². The number of nitrogens with two attached hydrogens (primary N) is 1. The van der Waals surface area contributed by atoms with E-state index in [9.17, 15) is 9.18 Å². The fourth-order valence-corrected chi connectivity index (χ4v) is 1.20. The highest BCUT2D eigenvalue weighted by atomic mass is 19.1. The fourth-order valence-electron chi connectivity index (χ4n) is 1.20. The molecule has 0 saturated carbocycles. The molecule has 0 fully saturated rings. The molecule has 3 nitrogen and oxygen atoms in total. The van der Waals surface area contributed by atoms with Gasteiger partial charge in [0.05, 0.1) is 6.04 Å². The minimum Gasteiger partial charge on any atom is -0.322 e. The summed E-state index contributed by atoms with van der Waals surface area (Å²) in [6, 6.07) is 6.36. The van der Waals surface area contributed by atoms with E-state index >= 15 is 0 Å². The zero-order valence-electron chi connectivity index (χ0n) is 11.5. The highest BCUT2D eigenvalue weighted by Gasteiger charge is 2.14. The lowest BCUT2D eigenvalue weighted by Gasteiger charge is -2.23. The van der Waals surface area contributed by atoms with Crippen molar-refractivity contribution in [3.05, 3.63) is 35.6 Å². The van der Waals surface area contributed by atoms with Crippen LogP contribution in [0.1, 0.15) is 26.3 Å². The van der Waals surface area contributed by atoms with Gasteiger partial charge < -0.3 is 15.8 Å². The van der Waals surface area contributed by atoms with Gasteiger partial charge in [-0.3, -0.25) is 0 Å². The van der Waals surface area contributed by atoms with Crippen molar-refractivity contribution in [2.45, 2.75) is 38.8 Å². The van der Waals surface area contributed by atoms with Gasteiger partial charge in [0.1, 0.15) is 12.1 Å². The molecular weight excluding hydrogens is 231 g/mol. The van der Waals surface area contributed by atoms with Crippen molar-refractivity contribution in [3.8, 4) is 0 Å². The van der Waals surface area contributed by atoms with E-state index in [0.29, 0.717) is 6.29 Å². The van der Waals surface area contributed by atoms with E-state index in [1.807, 2.05) is 19.2 Å². The van der Waals surface area contributed by atoms with Crippen LogP contribution in [0.4, 0.5) is 4.39 Å². The van der Waals surface area contributed by atoms with Crippen molar-refractivity contribution < 1.29 is 9.18 Å². The van der Waals surface area contributed by atoms with Crippen molar-refractivity contribution in [3.63, 3.8) is 0 Å². The first-order chi connectivity index (χ1) is 8.30. The van der Waals surface area contributed by atoms with Gasteiger partial charge in [0, 0.05) is 5.54 Å². The smallest absolute Gasteiger partial charge is 0.136 e. The molecule has 0 aliphatic carbocycles. The molecule has 0 bridgehead atoms. The summed E-state index contributed by atoms with van der Waals surface area (Å²) in [5, 5.41) is 3.21. The molecule has 0 spiro atoms. The molecule has 1 unspecified atom stereocenters. The molecule has 0 saturated heterocycles. The van der Waals surface area contributed by atoms with Gasteiger partial charge in [-0.2, -0.15) is 0 Å². The Morgan fingerprint density at radius 2 is 1.83 bits per heavy atom. The third-order valence-electron chi connectivity index (χ3n) is 2.45. The first-order valence-corrected chi connectivity index (χ1v) is 5.95. The molecule has 0 aliphatic rings. The summed E-state index contributed by atoms with van der Waals surface area (Å²) in [6.45, 7) is 5.87. The fraction of sp³-hybridized carbons (Fsp3) is 0.500. The molecule has 18 heavy (non-hydrogen) atoms. The van der Waals surface area contributed by atoms with Gasteiger partial charge in [-0.15, -0.1) is 0 Å². The second-order valence-electron chi connectivity index (χ2n) is 4.93. The Kier molecular flexibility index (Phi) is 7.39. The van der Waals surface area contributed by atoms with Crippen LogP contribution in [0, 0.1) is 5.82 Å². The van der Waals surface area contributed by atoms with Crippen LogP contribution in [0.5, 0.6) is 0 Å². The maximum Gasteiger partial charge on any atom is 0.136 e. The molecule has 1 rings (SSSR count). The van der Waals surface area contributed by atoms with Crippen LogP contribution in [0.25, 0.3) is 0 Å². The monoisotopic (exact) mass is 254 g/mol. The molecule has 4 heteroatoms.